The monoisotopic (exact) mass is 394 g/mol. The number of carbonyl (C=O) groups is 3. The first-order valence-corrected chi connectivity index (χ1v) is 9.17. The molecule has 1 amide bonds. The average Bonchev–Trinajstić information content (AvgIpc) is 2.62. The number of nitrogens with one attached hydrogen (secondary N) is 2. The maximum atomic E-state index is 12.2. The number of rotatable bonds is 9. The number of alkyl carbamates (subject to hydrolysis) is 1. The molecular formula is C20H30N2O6. The summed E-state index contributed by atoms with van der Waals surface area (Å²) in [6.45, 7) is 6.97. The molecule has 2 atom stereocenters. The maximum Gasteiger partial charge on any atom is 0.408 e. The Bertz CT molecular complexity index is 642. The molecule has 0 bridgehead atoms. The molecule has 0 saturated heterocycles. The molecule has 2 N–H and O–H groups in total. The molecule has 8 nitrogen and oxygen atoms in total. The molecule has 28 heavy (non-hydrogen) atoms. The fraction of sp³-hybridized carbons (Fsp3) is 0.550. The van der Waals surface area contributed by atoms with E-state index in [0.717, 1.165) is 5.56 Å². The van der Waals surface area contributed by atoms with E-state index in [2.05, 4.69) is 10.6 Å². The number of benzene rings is 1. The topological polar surface area (TPSA) is 103 Å². The molecule has 0 saturated carbocycles. The van der Waals surface area contributed by atoms with Crippen LogP contribution in [0.15, 0.2) is 30.3 Å². The van der Waals surface area contributed by atoms with Crippen molar-refractivity contribution in [2.75, 3.05) is 20.3 Å². The van der Waals surface area contributed by atoms with Crippen molar-refractivity contribution in [1.82, 2.24) is 10.6 Å². The number of hydrogen-bond acceptors (Lipinski definition) is 7. The lowest BCUT2D eigenvalue weighted by atomic mass is 10.1. The smallest absolute Gasteiger partial charge is 0.408 e. The van der Waals surface area contributed by atoms with Crippen molar-refractivity contribution in [2.24, 2.45) is 0 Å². The third-order valence-corrected chi connectivity index (χ3v) is 3.60. The van der Waals surface area contributed by atoms with Crippen LogP contribution < -0.4 is 10.6 Å². The first-order chi connectivity index (χ1) is 13.2. The molecule has 1 aromatic carbocycles. The van der Waals surface area contributed by atoms with Gasteiger partial charge in [-0.2, -0.15) is 0 Å². The molecule has 0 unspecified atom stereocenters. The molecule has 8 heteroatoms. The summed E-state index contributed by atoms with van der Waals surface area (Å²) in [5, 5.41) is 5.46. The first kappa shape index (κ1) is 23.4. The number of carbonyl (C=O) groups excluding carboxylic acids is 3. The van der Waals surface area contributed by atoms with E-state index in [4.69, 9.17) is 14.2 Å². The molecule has 1 aromatic rings. The lowest BCUT2D eigenvalue weighted by Crippen LogP contribution is -2.52. The van der Waals surface area contributed by atoms with Gasteiger partial charge in [-0.05, 0) is 39.7 Å². The van der Waals surface area contributed by atoms with Crippen molar-refractivity contribution in [3.63, 3.8) is 0 Å². The fourth-order valence-electron chi connectivity index (χ4n) is 2.38. The Kier molecular flexibility index (Phi) is 9.44. The molecular weight excluding hydrogens is 364 g/mol. The largest absolute Gasteiger partial charge is 0.468 e. The lowest BCUT2D eigenvalue weighted by molar-refractivity contribution is -0.147. The van der Waals surface area contributed by atoms with Crippen molar-refractivity contribution in [3.8, 4) is 0 Å². The van der Waals surface area contributed by atoms with E-state index in [9.17, 15) is 14.4 Å². The minimum Gasteiger partial charge on any atom is -0.468 e. The second-order valence-corrected chi connectivity index (χ2v) is 7.12. The second-order valence-electron chi connectivity index (χ2n) is 7.12. The van der Waals surface area contributed by atoms with Gasteiger partial charge in [0.1, 0.15) is 17.7 Å². The summed E-state index contributed by atoms with van der Waals surface area (Å²) in [4.78, 5) is 36.4. The van der Waals surface area contributed by atoms with Crippen molar-refractivity contribution >= 4 is 18.0 Å². The van der Waals surface area contributed by atoms with Crippen LogP contribution in [-0.2, 0) is 30.2 Å². The first-order valence-electron chi connectivity index (χ1n) is 9.17. The van der Waals surface area contributed by atoms with Gasteiger partial charge in [0, 0.05) is 6.54 Å². The predicted octanol–water partition coefficient (Wildman–Crippen LogP) is 1.82. The van der Waals surface area contributed by atoms with Crippen LogP contribution in [0.4, 0.5) is 4.79 Å². The van der Waals surface area contributed by atoms with Crippen LogP contribution in [0.25, 0.3) is 0 Å². The summed E-state index contributed by atoms with van der Waals surface area (Å²) in [6, 6.07) is 7.69. The van der Waals surface area contributed by atoms with E-state index in [-0.39, 0.29) is 13.2 Å². The summed E-state index contributed by atoms with van der Waals surface area (Å²) in [5.41, 5.74) is 0.219. The summed E-state index contributed by atoms with van der Waals surface area (Å²) in [6.07, 6.45) is -0.375. The Morgan fingerprint density at radius 3 is 2.21 bits per heavy atom. The van der Waals surface area contributed by atoms with Crippen molar-refractivity contribution in [1.29, 1.82) is 0 Å². The molecule has 0 radical (unpaired) electrons. The van der Waals surface area contributed by atoms with Gasteiger partial charge in [-0.3, -0.25) is 4.79 Å². The van der Waals surface area contributed by atoms with Gasteiger partial charge in [-0.25, -0.2) is 9.59 Å². The second kappa shape index (κ2) is 11.3. The van der Waals surface area contributed by atoms with Crippen molar-refractivity contribution in [3.05, 3.63) is 35.9 Å². The van der Waals surface area contributed by atoms with Crippen LogP contribution >= 0.6 is 0 Å². The van der Waals surface area contributed by atoms with E-state index >= 15 is 0 Å². The summed E-state index contributed by atoms with van der Waals surface area (Å²) in [7, 11) is 1.30. The highest BCUT2D eigenvalue weighted by Crippen LogP contribution is 2.08. The van der Waals surface area contributed by atoms with E-state index < -0.39 is 35.7 Å². The van der Waals surface area contributed by atoms with E-state index in [1.807, 2.05) is 30.3 Å². The van der Waals surface area contributed by atoms with Crippen LogP contribution in [0.5, 0.6) is 0 Å². The van der Waals surface area contributed by atoms with E-state index in [1.165, 1.54) is 7.11 Å². The van der Waals surface area contributed by atoms with Crippen molar-refractivity contribution in [2.45, 2.75) is 51.8 Å². The van der Waals surface area contributed by atoms with Gasteiger partial charge in [0.15, 0.2) is 0 Å². The average molecular weight is 394 g/mol. The maximum absolute atomic E-state index is 12.2. The van der Waals surface area contributed by atoms with Gasteiger partial charge < -0.3 is 24.8 Å². The molecule has 156 valence electrons. The normalized spacial score (nSPS) is 13.2. The Balaban J connectivity index is 2.81. The Morgan fingerprint density at radius 2 is 1.68 bits per heavy atom. The van der Waals surface area contributed by atoms with Gasteiger partial charge in [-0.1, -0.05) is 30.3 Å². The van der Waals surface area contributed by atoms with Crippen LogP contribution in [0, 0.1) is 0 Å². The van der Waals surface area contributed by atoms with Crippen LogP contribution in [0.3, 0.4) is 0 Å². The Morgan fingerprint density at radius 1 is 1.04 bits per heavy atom. The zero-order chi connectivity index (χ0) is 21.2. The van der Waals surface area contributed by atoms with Gasteiger partial charge in [0.05, 0.1) is 13.7 Å². The Labute approximate surface area is 165 Å². The summed E-state index contributed by atoms with van der Waals surface area (Å²) < 4.78 is 15.0. The van der Waals surface area contributed by atoms with Crippen molar-refractivity contribution < 1.29 is 28.6 Å². The van der Waals surface area contributed by atoms with Gasteiger partial charge in [-0.15, -0.1) is 0 Å². The number of ether oxygens (including phenoxy) is 3. The lowest BCUT2D eigenvalue weighted by Gasteiger charge is -2.24. The molecule has 0 heterocycles. The summed E-state index contributed by atoms with van der Waals surface area (Å²) in [5.74, 6) is -1.09. The minimum atomic E-state index is -1.02. The molecule has 0 spiro atoms. The highest BCUT2D eigenvalue weighted by molar-refractivity contribution is 5.82. The van der Waals surface area contributed by atoms with E-state index in [1.54, 1.807) is 27.7 Å². The number of methoxy groups -OCH3 is 1. The molecule has 1 rings (SSSR count). The molecule has 0 fully saturated rings. The predicted molar refractivity (Wildman–Crippen MR) is 104 cm³/mol. The highest BCUT2D eigenvalue weighted by Gasteiger charge is 2.28. The highest BCUT2D eigenvalue weighted by atomic mass is 16.6. The number of amides is 1. The minimum absolute atomic E-state index is 0.0231. The third-order valence-electron chi connectivity index (χ3n) is 3.60. The van der Waals surface area contributed by atoms with E-state index in [0.29, 0.717) is 6.42 Å². The fourth-order valence-corrected chi connectivity index (χ4v) is 2.38. The summed E-state index contributed by atoms with van der Waals surface area (Å²) >= 11 is 0. The molecule has 0 aliphatic carbocycles. The van der Waals surface area contributed by atoms with Crippen LogP contribution in [0.1, 0.15) is 33.3 Å². The standard InChI is InChI=1S/C20H30N2O6/c1-6-27-18(24)16(22-19(25)28-20(2,3)4)13-21-15(17(23)26-5)12-14-10-8-7-9-11-14/h7-11,15-16,21H,6,12-13H2,1-5H3,(H,22,25)/t15-,16+/m0/s1. The molecule has 0 aliphatic heterocycles. The zero-order valence-electron chi connectivity index (χ0n) is 17.1. The van der Waals surface area contributed by atoms with Crippen LogP contribution in [-0.4, -0.2) is 56.0 Å². The SMILES string of the molecule is CCOC(=O)[C@@H](CN[C@@H](Cc1ccccc1)C(=O)OC)NC(=O)OC(C)(C)C. The van der Waals surface area contributed by atoms with Gasteiger partial charge >= 0.3 is 18.0 Å². The van der Waals surface area contributed by atoms with Crippen LogP contribution in [0.2, 0.25) is 0 Å². The number of esters is 2. The van der Waals surface area contributed by atoms with Gasteiger partial charge in [0.2, 0.25) is 0 Å². The van der Waals surface area contributed by atoms with Gasteiger partial charge in [0.25, 0.3) is 0 Å². The number of hydrogen-bond donors (Lipinski definition) is 2. The zero-order valence-corrected chi connectivity index (χ0v) is 17.1. The molecule has 0 aliphatic rings. The molecule has 0 aromatic heterocycles. The Hall–Kier alpha value is -2.61. The third kappa shape index (κ3) is 8.85. The quantitative estimate of drug-likeness (QED) is 0.486.